The monoisotopic (exact) mass is 493 g/mol. The Morgan fingerprint density at radius 2 is 1.54 bits per heavy atom. The fourth-order valence-corrected chi connectivity index (χ4v) is 4.03. The molecule has 1 aromatic carbocycles. The van der Waals surface area contributed by atoms with Gasteiger partial charge in [0.1, 0.15) is 0 Å². The maximum atomic E-state index is 12.1. The van der Waals surface area contributed by atoms with E-state index in [0.29, 0.717) is 30.4 Å². The summed E-state index contributed by atoms with van der Waals surface area (Å²) in [6.07, 6.45) is 4.94. The number of amides is 2. The van der Waals surface area contributed by atoms with Gasteiger partial charge in [-0.1, -0.05) is 53.6 Å². The minimum atomic E-state index is -1.63. The molecule has 148 valence electrons. The van der Waals surface area contributed by atoms with Crippen LogP contribution < -0.4 is 0 Å². The second-order valence-corrected chi connectivity index (χ2v) is 9.87. The average molecular weight is 495 g/mol. The first-order chi connectivity index (χ1) is 12.6. The number of carbonyl (C=O) groups is 3. The number of hydrogen-bond acceptors (Lipinski definition) is 4. The molecule has 2 unspecified atom stereocenters. The third-order valence-corrected chi connectivity index (χ3v) is 7.19. The van der Waals surface area contributed by atoms with Gasteiger partial charge in [0.15, 0.2) is 4.84 Å². The molecule has 3 rings (SSSR count). The Bertz CT molecular complexity index is 722. The quantitative estimate of drug-likeness (QED) is 0.222. The van der Waals surface area contributed by atoms with E-state index in [2.05, 4.69) is 0 Å². The number of carbonyl (C=O) groups excluding carboxylic acids is 2. The van der Waals surface area contributed by atoms with Crippen molar-refractivity contribution in [2.45, 2.75) is 21.3 Å². The molecule has 5 nitrogen and oxygen atoms in total. The minimum absolute atomic E-state index is 0. The van der Waals surface area contributed by atoms with Crippen LogP contribution in [-0.4, -0.2) is 65.3 Å². The van der Waals surface area contributed by atoms with Crippen LogP contribution in [0.4, 0.5) is 0 Å². The number of carboxylic acids is 1. The Kier molecular flexibility index (Phi) is 10.7. The van der Waals surface area contributed by atoms with E-state index in [1.54, 1.807) is 30.3 Å². The number of aromatic carboxylic acids is 1. The number of hydrogen-bond donors (Lipinski definition) is 1. The van der Waals surface area contributed by atoms with Gasteiger partial charge >= 0.3 is 35.5 Å². The molecule has 1 N–H and O–H groups in total. The molecule has 1 fully saturated rings. The Labute approximate surface area is 209 Å². The van der Waals surface area contributed by atoms with Crippen LogP contribution in [-0.2, 0) is 9.59 Å². The van der Waals surface area contributed by atoms with Crippen LogP contribution in [0.25, 0.3) is 0 Å². The van der Waals surface area contributed by atoms with Crippen LogP contribution in [0.3, 0.4) is 0 Å². The summed E-state index contributed by atoms with van der Waals surface area (Å²) in [7, 11) is 0. The Morgan fingerprint density at radius 1 is 1.07 bits per heavy atom. The topological polar surface area (TPSA) is 74.7 Å². The van der Waals surface area contributed by atoms with E-state index >= 15 is 0 Å². The van der Waals surface area contributed by atoms with Gasteiger partial charge in [0, 0.05) is 11.9 Å². The summed E-state index contributed by atoms with van der Waals surface area (Å²) in [5.41, 5.74) is 0.331. The Hall–Kier alpha value is 0.0800. The van der Waals surface area contributed by atoms with E-state index in [0.717, 1.165) is 4.31 Å². The zero-order chi connectivity index (χ0) is 20.2. The van der Waals surface area contributed by atoms with Crippen LogP contribution in [0, 0.1) is 11.8 Å². The van der Waals surface area contributed by atoms with Crippen molar-refractivity contribution in [3.05, 3.63) is 48.0 Å². The zero-order valence-electron chi connectivity index (χ0n) is 13.7. The van der Waals surface area contributed by atoms with Gasteiger partial charge in [-0.05, 0) is 25.0 Å². The van der Waals surface area contributed by atoms with Crippen molar-refractivity contribution in [1.82, 2.24) is 4.31 Å². The molecule has 0 bridgehead atoms. The number of carboxylic acid groups (broad SMARTS) is 1. The molecular formula is C17H16Cl4NNaO4S. The number of imide groups is 1. The molecule has 0 saturated carbocycles. The van der Waals surface area contributed by atoms with Gasteiger partial charge in [0.25, 0.3) is 0 Å². The standard InChI is InChI=1S/C10H9Cl4NO2S.C7H6O2.Na.H/c11-9(12)10(13,14)18-15-7(16)5-3-1-2-4-6(5)8(15)17;8-7(9)6-4-2-1-3-5-6;;/h1-2,5-6,9H,3-4H2;1-5H,(H,8,9);;. The third-order valence-electron chi connectivity index (χ3n) is 3.95. The summed E-state index contributed by atoms with van der Waals surface area (Å²) < 4.78 is -0.630. The molecule has 1 saturated heterocycles. The molecule has 0 aromatic heterocycles. The van der Waals surface area contributed by atoms with Crippen LogP contribution in [0.2, 0.25) is 0 Å². The van der Waals surface area contributed by atoms with Crippen molar-refractivity contribution in [3.63, 3.8) is 0 Å². The molecular weight excluding hydrogens is 479 g/mol. The van der Waals surface area contributed by atoms with Gasteiger partial charge < -0.3 is 5.11 Å². The second-order valence-electron chi connectivity index (χ2n) is 5.75. The number of rotatable bonds is 4. The van der Waals surface area contributed by atoms with Crippen molar-refractivity contribution in [2.75, 3.05) is 0 Å². The number of nitrogens with zero attached hydrogens (tertiary/aromatic N) is 1. The zero-order valence-corrected chi connectivity index (χ0v) is 17.6. The summed E-state index contributed by atoms with van der Waals surface area (Å²) in [6, 6.07) is 8.30. The maximum absolute atomic E-state index is 12.1. The van der Waals surface area contributed by atoms with Gasteiger partial charge in [-0.15, -0.1) is 23.2 Å². The molecule has 28 heavy (non-hydrogen) atoms. The predicted molar refractivity (Wildman–Crippen MR) is 115 cm³/mol. The summed E-state index contributed by atoms with van der Waals surface area (Å²) in [5, 5.41) is 8.38. The third kappa shape index (κ3) is 6.54. The van der Waals surface area contributed by atoms with E-state index in [-0.39, 0.29) is 53.2 Å². The fraction of sp³-hybridized carbons (Fsp3) is 0.353. The Morgan fingerprint density at radius 3 is 1.89 bits per heavy atom. The van der Waals surface area contributed by atoms with Gasteiger partial charge in [0.05, 0.1) is 17.4 Å². The average Bonchev–Trinajstić information content (AvgIpc) is 2.88. The number of allylic oxidation sites excluding steroid dienone is 2. The van der Waals surface area contributed by atoms with Crippen molar-refractivity contribution >= 4 is 106 Å². The van der Waals surface area contributed by atoms with E-state index in [1.165, 1.54) is 0 Å². The number of fused-ring (bicyclic) bond motifs is 1. The van der Waals surface area contributed by atoms with E-state index < -0.39 is 14.5 Å². The first-order valence-electron chi connectivity index (χ1n) is 7.81. The summed E-state index contributed by atoms with van der Waals surface area (Å²) in [5.74, 6) is -2.07. The van der Waals surface area contributed by atoms with Crippen LogP contribution in [0.5, 0.6) is 0 Å². The van der Waals surface area contributed by atoms with Gasteiger partial charge in [-0.3, -0.25) is 9.59 Å². The van der Waals surface area contributed by atoms with Gasteiger partial charge in [-0.25, -0.2) is 9.10 Å². The molecule has 1 heterocycles. The van der Waals surface area contributed by atoms with Crippen molar-refractivity contribution in [1.29, 1.82) is 0 Å². The molecule has 1 aliphatic carbocycles. The summed E-state index contributed by atoms with van der Waals surface area (Å²) in [6.45, 7) is 0. The summed E-state index contributed by atoms with van der Waals surface area (Å²) in [4.78, 5) is 33.3. The molecule has 2 amide bonds. The van der Waals surface area contributed by atoms with Crippen LogP contribution in [0.15, 0.2) is 42.5 Å². The fourth-order valence-electron chi connectivity index (χ4n) is 2.60. The van der Waals surface area contributed by atoms with Crippen molar-refractivity contribution in [2.24, 2.45) is 11.8 Å². The second kappa shape index (κ2) is 11.5. The Balaban J connectivity index is 0.000000332. The molecule has 0 radical (unpaired) electrons. The summed E-state index contributed by atoms with van der Waals surface area (Å²) >= 11 is 23.7. The number of benzene rings is 1. The first kappa shape index (κ1) is 26.1. The molecule has 2 aliphatic rings. The van der Waals surface area contributed by atoms with Crippen LogP contribution in [0.1, 0.15) is 23.2 Å². The normalized spacial score (nSPS) is 21.0. The van der Waals surface area contributed by atoms with E-state index in [4.69, 9.17) is 51.5 Å². The van der Waals surface area contributed by atoms with Crippen molar-refractivity contribution in [3.8, 4) is 0 Å². The van der Waals surface area contributed by atoms with Gasteiger partial charge in [0.2, 0.25) is 15.5 Å². The molecule has 11 heteroatoms. The first-order valence-corrected chi connectivity index (χ1v) is 10.2. The molecule has 0 spiro atoms. The number of halogens is 4. The molecule has 1 aromatic rings. The van der Waals surface area contributed by atoms with Crippen molar-refractivity contribution < 1.29 is 19.5 Å². The predicted octanol–water partition coefficient (Wildman–Crippen LogP) is 4.26. The van der Waals surface area contributed by atoms with E-state index in [1.807, 2.05) is 12.2 Å². The number of alkyl halides is 4. The van der Waals surface area contributed by atoms with Gasteiger partial charge in [-0.2, -0.15) is 0 Å². The van der Waals surface area contributed by atoms with E-state index in [9.17, 15) is 14.4 Å². The molecule has 1 aliphatic heterocycles. The van der Waals surface area contributed by atoms with Crippen LogP contribution >= 0.6 is 58.4 Å². The molecule has 2 atom stereocenters. The SMILES string of the molecule is O=C(O)c1ccccc1.O=C1C2CC=CCC2C(=O)N1SC(Cl)(Cl)C(Cl)Cl.[NaH].